The second-order valence-corrected chi connectivity index (χ2v) is 7.07. The van der Waals surface area contributed by atoms with E-state index in [9.17, 15) is 4.79 Å². The Balaban J connectivity index is 1.42. The van der Waals surface area contributed by atoms with Crippen molar-refractivity contribution in [1.29, 1.82) is 0 Å². The van der Waals surface area contributed by atoms with Crippen LogP contribution in [0.3, 0.4) is 0 Å². The zero-order chi connectivity index (χ0) is 16.8. The molecule has 0 saturated carbocycles. The highest BCUT2D eigenvalue weighted by Gasteiger charge is 2.27. The van der Waals surface area contributed by atoms with E-state index in [4.69, 9.17) is 0 Å². The molecule has 1 fully saturated rings. The van der Waals surface area contributed by atoms with Crippen LogP contribution in [0.1, 0.15) is 31.2 Å². The lowest BCUT2D eigenvalue weighted by Crippen LogP contribution is -2.44. The zero-order valence-electron chi connectivity index (χ0n) is 14.5. The van der Waals surface area contributed by atoms with Gasteiger partial charge in [-0.25, -0.2) is 4.79 Å². The fraction of sp³-hybridized carbons (Fsp3) is 0.579. The van der Waals surface area contributed by atoms with Crippen LogP contribution in [0.2, 0.25) is 0 Å². The molecule has 130 valence electrons. The first-order chi connectivity index (χ1) is 11.7. The summed E-state index contributed by atoms with van der Waals surface area (Å²) in [7, 11) is 2.14. The molecule has 1 N–H and O–H groups in total. The molecule has 0 aromatic carbocycles. The van der Waals surface area contributed by atoms with Gasteiger partial charge in [-0.1, -0.05) is 18.2 Å². The van der Waals surface area contributed by atoms with Gasteiger partial charge < -0.3 is 15.1 Å². The van der Waals surface area contributed by atoms with E-state index in [1.807, 2.05) is 17.2 Å². The Labute approximate surface area is 144 Å². The summed E-state index contributed by atoms with van der Waals surface area (Å²) < 4.78 is 0. The predicted molar refractivity (Wildman–Crippen MR) is 95.6 cm³/mol. The van der Waals surface area contributed by atoms with E-state index in [-0.39, 0.29) is 12.1 Å². The number of nitrogens with one attached hydrogen (secondary N) is 1. The average Bonchev–Trinajstić information content (AvgIpc) is 3.05. The Kier molecular flexibility index (Phi) is 5.86. The summed E-state index contributed by atoms with van der Waals surface area (Å²) in [5, 5.41) is 3.15. The fourth-order valence-electron chi connectivity index (χ4n) is 3.66. The van der Waals surface area contributed by atoms with Crippen molar-refractivity contribution in [2.24, 2.45) is 5.92 Å². The summed E-state index contributed by atoms with van der Waals surface area (Å²) in [4.78, 5) is 20.9. The second kappa shape index (κ2) is 8.29. The number of pyridine rings is 1. The number of urea groups is 1. The molecule has 0 unspecified atom stereocenters. The van der Waals surface area contributed by atoms with E-state index in [0.29, 0.717) is 5.92 Å². The summed E-state index contributed by atoms with van der Waals surface area (Å²) in [6.45, 7) is 3.65. The molecule has 1 aromatic heterocycles. The Bertz CT molecular complexity index is 560. The maximum Gasteiger partial charge on any atom is 0.317 e. The maximum absolute atomic E-state index is 12.4. The van der Waals surface area contributed by atoms with Crippen molar-refractivity contribution in [3.8, 4) is 0 Å². The lowest BCUT2D eigenvalue weighted by molar-refractivity contribution is 0.201. The first-order valence-corrected chi connectivity index (χ1v) is 9.00. The van der Waals surface area contributed by atoms with E-state index in [1.54, 1.807) is 6.20 Å². The molecule has 3 rings (SSSR count). The van der Waals surface area contributed by atoms with E-state index >= 15 is 0 Å². The second-order valence-electron chi connectivity index (χ2n) is 7.07. The molecule has 1 aliphatic heterocycles. The molecule has 24 heavy (non-hydrogen) atoms. The predicted octanol–water partition coefficient (Wildman–Crippen LogP) is 2.65. The first kappa shape index (κ1) is 17.0. The third-order valence-electron chi connectivity index (χ3n) is 4.88. The molecule has 2 amide bonds. The Morgan fingerprint density at radius 3 is 3.12 bits per heavy atom. The minimum Gasteiger partial charge on any atom is -0.332 e. The van der Waals surface area contributed by atoms with Gasteiger partial charge in [0.15, 0.2) is 0 Å². The van der Waals surface area contributed by atoms with Crippen LogP contribution in [0.15, 0.2) is 36.7 Å². The maximum atomic E-state index is 12.4. The molecule has 0 spiro atoms. The third-order valence-corrected chi connectivity index (χ3v) is 4.88. The summed E-state index contributed by atoms with van der Waals surface area (Å²) in [6, 6.07) is 4.41. The first-order valence-electron chi connectivity index (χ1n) is 9.00. The number of rotatable bonds is 5. The number of carbonyl (C=O) groups is 1. The molecular formula is C19H28N4O. The topological polar surface area (TPSA) is 48.5 Å². The van der Waals surface area contributed by atoms with E-state index in [2.05, 4.69) is 40.5 Å². The molecule has 2 aliphatic rings. The standard InChI is InChI=1S/C19H28N4O/c1-22(13-16-6-5-10-20-12-16)14-17-9-11-23(15-17)19(24)21-18-7-3-2-4-8-18/h3,5-7,10,12,17-18H,2,4,8-9,11,13-15H2,1H3,(H,21,24)/t17-,18-/m0/s1. The fourth-order valence-corrected chi connectivity index (χ4v) is 3.66. The van der Waals surface area contributed by atoms with Crippen LogP contribution in [0, 0.1) is 5.92 Å². The molecule has 5 nitrogen and oxygen atoms in total. The average molecular weight is 328 g/mol. The van der Waals surface area contributed by atoms with Gasteiger partial charge in [-0.15, -0.1) is 0 Å². The van der Waals surface area contributed by atoms with Gasteiger partial charge in [-0.3, -0.25) is 4.98 Å². The van der Waals surface area contributed by atoms with Crippen molar-refractivity contribution in [1.82, 2.24) is 20.1 Å². The van der Waals surface area contributed by atoms with Gasteiger partial charge in [-0.2, -0.15) is 0 Å². The Hall–Kier alpha value is -1.88. The number of hydrogen-bond donors (Lipinski definition) is 1. The van der Waals surface area contributed by atoms with Gasteiger partial charge >= 0.3 is 6.03 Å². The van der Waals surface area contributed by atoms with E-state index < -0.39 is 0 Å². The SMILES string of the molecule is CN(Cc1cccnc1)C[C@@H]1CCN(C(=O)N[C@H]2C=CCCC2)C1. The van der Waals surface area contributed by atoms with Crippen molar-refractivity contribution in [3.05, 3.63) is 42.2 Å². The summed E-state index contributed by atoms with van der Waals surface area (Å²) >= 11 is 0. The number of allylic oxidation sites excluding steroid dienone is 1. The van der Waals surface area contributed by atoms with Crippen LogP contribution >= 0.6 is 0 Å². The number of likely N-dealkylation sites (tertiary alicyclic amines) is 1. The van der Waals surface area contributed by atoms with Crippen LogP contribution in [0.5, 0.6) is 0 Å². The normalized spacial score (nSPS) is 23.7. The highest BCUT2D eigenvalue weighted by molar-refractivity contribution is 5.75. The van der Waals surface area contributed by atoms with Crippen LogP contribution < -0.4 is 5.32 Å². The molecule has 5 heteroatoms. The minimum absolute atomic E-state index is 0.101. The van der Waals surface area contributed by atoms with Crippen molar-refractivity contribution in [2.75, 3.05) is 26.7 Å². The largest absolute Gasteiger partial charge is 0.332 e. The monoisotopic (exact) mass is 328 g/mol. The van der Waals surface area contributed by atoms with Crippen molar-refractivity contribution >= 4 is 6.03 Å². The summed E-state index contributed by atoms with van der Waals surface area (Å²) in [5.74, 6) is 0.555. The number of hydrogen-bond acceptors (Lipinski definition) is 3. The van der Waals surface area contributed by atoms with Crippen molar-refractivity contribution in [3.63, 3.8) is 0 Å². The Morgan fingerprint density at radius 1 is 1.46 bits per heavy atom. The molecule has 1 aliphatic carbocycles. The third kappa shape index (κ3) is 4.81. The van der Waals surface area contributed by atoms with Gasteiger partial charge in [0.2, 0.25) is 0 Å². The van der Waals surface area contributed by atoms with Gasteiger partial charge in [0.1, 0.15) is 0 Å². The molecule has 1 aromatic rings. The quantitative estimate of drug-likeness (QED) is 0.846. The van der Waals surface area contributed by atoms with E-state index in [1.165, 1.54) is 12.0 Å². The number of carbonyl (C=O) groups excluding carboxylic acids is 1. The van der Waals surface area contributed by atoms with Crippen LogP contribution in [0.4, 0.5) is 4.79 Å². The molecular weight excluding hydrogens is 300 g/mol. The van der Waals surface area contributed by atoms with E-state index in [0.717, 1.165) is 45.4 Å². The van der Waals surface area contributed by atoms with Crippen molar-refractivity contribution in [2.45, 2.75) is 38.3 Å². The molecule has 2 atom stereocenters. The van der Waals surface area contributed by atoms with Crippen LogP contribution in [0.25, 0.3) is 0 Å². The number of amides is 2. The van der Waals surface area contributed by atoms with Crippen LogP contribution in [-0.4, -0.2) is 53.5 Å². The highest BCUT2D eigenvalue weighted by atomic mass is 16.2. The summed E-state index contributed by atoms with van der Waals surface area (Å²) in [6.07, 6.45) is 12.5. The summed E-state index contributed by atoms with van der Waals surface area (Å²) in [5.41, 5.74) is 1.23. The number of aromatic nitrogens is 1. The van der Waals surface area contributed by atoms with Crippen molar-refractivity contribution < 1.29 is 4.79 Å². The van der Waals surface area contributed by atoms with Crippen LogP contribution in [-0.2, 0) is 6.54 Å². The smallest absolute Gasteiger partial charge is 0.317 e. The van der Waals surface area contributed by atoms with Gasteiger partial charge in [0, 0.05) is 44.6 Å². The zero-order valence-corrected chi connectivity index (χ0v) is 14.5. The molecule has 1 saturated heterocycles. The van der Waals surface area contributed by atoms with Gasteiger partial charge in [-0.05, 0) is 50.3 Å². The number of nitrogens with zero attached hydrogens (tertiary/aromatic N) is 3. The Morgan fingerprint density at radius 2 is 2.38 bits per heavy atom. The molecule has 0 bridgehead atoms. The highest BCUT2D eigenvalue weighted by Crippen LogP contribution is 2.19. The van der Waals surface area contributed by atoms with Gasteiger partial charge in [0.25, 0.3) is 0 Å². The molecule has 0 radical (unpaired) electrons. The minimum atomic E-state index is 0.101. The lowest BCUT2D eigenvalue weighted by atomic mass is 10.0. The molecule has 2 heterocycles. The lowest BCUT2D eigenvalue weighted by Gasteiger charge is -2.24. The van der Waals surface area contributed by atoms with Gasteiger partial charge in [0.05, 0.1) is 0 Å².